The Morgan fingerprint density at radius 1 is 1.12 bits per heavy atom. The van der Waals surface area contributed by atoms with E-state index in [1.807, 2.05) is 59.5 Å². The quantitative estimate of drug-likeness (QED) is 0.703. The maximum absolute atomic E-state index is 12.9. The van der Waals surface area contributed by atoms with Gasteiger partial charge in [-0.3, -0.25) is 4.79 Å². The lowest BCUT2D eigenvalue weighted by molar-refractivity contribution is 0.0754. The number of para-hydroxylation sites is 1. The van der Waals surface area contributed by atoms with Crippen LogP contribution in [0.5, 0.6) is 0 Å². The van der Waals surface area contributed by atoms with E-state index < -0.39 is 0 Å². The average molecular weight is 371 g/mol. The van der Waals surface area contributed by atoms with Gasteiger partial charge in [-0.25, -0.2) is 0 Å². The van der Waals surface area contributed by atoms with E-state index in [1.165, 1.54) is 11.0 Å². The molecule has 126 valence electrons. The van der Waals surface area contributed by atoms with Crippen molar-refractivity contribution in [2.24, 2.45) is 0 Å². The number of thioether (sulfide) groups is 1. The number of rotatable bonds is 3. The van der Waals surface area contributed by atoms with Crippen molar-refractivity contribution in [1.29, 1.82) is 0 Å². The van der Waals surface area contributed by atoms with E-state index in [-0.39, 0.29) is 11.3 Å². The largest absolute Gasteiger partial charge is 0.320 e. The van der Waals surface area contributed by atoms with Crippen LogP contribution < -0.4 is 0 Å². The van der Waals surface area contributed by atoms with Crippen molar-refractivity contribution in [1.82, 2.24) is 19.9 Å². The second kappa shape index (κ2) is 6.90. The summed E-state index contributed by atoms with van der Waals surface area (Å²) in [6.45, 7) is 0.689. The van der Waals surface area contributed by atoms with Crippen LogP contribution in [0.25, 0.3) is 5.69 Å². The van der Waals surface area contributed by atoms with Gasteiger partial charge in [-0.2, -0.15) is 9.90 Å². The van der Waals surface area contributed by atoms with Gasteiger partial charge in [0, 0.05) is 17.3 Å². The molecular formula is C18H15ClN4OS. The number of hydrogen-bond acceptors (Lipinski definition) is 4. The van der Waals surface area contributed by atoms with Crippen molar-refractivity contribution < 1.29 is 4.79 Å². The molecule has 2 heterocycles. The third-order valence-corrected chi connectivity index (χ3v) is 5.52. The molecule has 1 atom stereocenters. The van der Waals surface area contributed by atoms with Gasteiger partial charge in [0.15, 0.2) is 5.69 Å². The van der Waals surface area contributed by atoms with E-state index in [2.05, 4.69) is 10.2 Å². The van der Waals surface area contributed by atoms with Crippen molar-refractivity contribution in [3.63, 3.8) is 0 Å². The molecule has 1 aliphatic heterocycles. The first kappa shape index (κ1) is 16.2. The molecule has 1 fully saturated rings. The van der Waals surface area contributed by atoms with Crippen LogP contribution >= 0.6 is 23.4 Å². The second-order valence-corrected chi connectivity index (χ2v) is 7.25. The highest BCUT2D eigenvalue weighted by Crippen LogP contribution is 2.38. The van der Waals surface area contributed by atoms with Gasteiger partial charge in [0.2, 0.25) is 0 Å². The molecule has 0 radical (unpaired) electrons. The van der Waals surface area contributed by atoms with Gasteiger partial charge < -0.3 is 4.90 Å². The monoisotopic (exact) mass is 370 g/mol. The van der Waals surface area contributed by atoms with E-state index in [1.54, 1.807) is 11.8 Å². The molecule has 4 rings (SSSR count). The van der Waals surface area contributed by atoms with Crippen LogP contribution in [0.4, 0.5) is 0 Å². The summed E-state index contributed by atoms with van der Waals surface area (Å²) in [5.41, 5.74) is 2.24. The Balaban J connectivity index is 1.58. The summed E-state index contributed by atoms with van der Waals surface area (Å²) in [6.07, 6.45) is 1.53. The number of hydrogen-bond donors (Lipinski definition) is 0. The van der Waals surface area contributed by atoms with Crippen molar-refractivity contribution in [3.05, 3.63) is 77.1 Å². The Kier molecular flexibility index (Phi) is 4.46. The minimum atomic E-state index is -0.105. The van der Waals surface area contributed by atoms with Crippen LogP contribution in [-0.4, -0.2) is 38.1 Å². The summed E-state index contributed by atoms with van der Waals surface area (Å²) in [5.74, 6) is 0.790. The van der Waals surface area contributed by atoms with Crippen molar-refractivity contribution in [3.8, 4) is 5.69 Å². The van der Waals surface area contributed by atoms with Gasteiger partial charge in [-0.05, 0) is 29.8 Å². The Morgan fingerprint density at radius 3 is 2.64 bits per heavy atom. The number of benzene rings is 2. The fraction of sp³-hybridized carbons (Fsp3) is 0.167. The van der Waals surface area contributed by atoms with Crippen LogP contribution in [0.2, 0.25) is 5.02 Å². The molecule has 3 aromatic rings. The fourth-order valence-corrected chi connectivity index (χ4v) is 4.16. The number of amides is 1. The number of nitrogens with zero attached hydrogens (tertiary/aromatic N) is 4. The number of aromatic nitrogens is 3. The van der Waals surface area contributed by atoms with E-state index in [4.69, 9.17) is 11.6 Å². The molecule has 1 unspecified atom stereocenters. The molecule has 0 N–H and O–H groups in total. The lowest BCUT2D eigenvalue weighted by Crippen LogP contribution is -2.30. The molecule has 0 aliphatic carbocycles. The smallest absolute Gasteiger partial charge is 0.277 e. The van der Waals surface area contributed by atoms with Gasteiger partial charge in [0.25, 0.3) is 5.91 Å². The normalized spacial score (nSPS) is 17.0. The standard InChI is InChI=1S/C18H15ClN4OS/c19-14-8-6-13(7-9-14)18-22(10-11-25-18)17(24)16-12-20-23(21-16)15-4-2-1-3-5-15/h1-9,12,18H,10-11H2. The highest BCUT2D eigenvalue weighted by Gasteiger charge is 2.32. The predicted octanol–water partition coefficient (Wildman–Crippen LogP) is 3.81. The molecular weight excluding hydrogens is 356 g/mol. The molecule has 2 aromatic carbocycles. The average Bonchev–Trinajstić information content (AvgIpc) is 3.32. The molecule has 0 spiro atoms. The lowest BCUT2D eigenvalue weighted by atomic mass is 10.2. The van der Waals surface area contributed by atoms with Crippen molar-refractivity contribution >= 4 is 29.3 Å². The number of halogens is 1. The van der Waals surface area contributed by atoms with Gasteiger partial charge in [-0.1, -0.05) is 41.9 Å². The number of carbonyl (C=O) groups excluding carboxylic acids is 1. The first-order valence-electron chi connectivity index (χ1n) is 7.88. The van der Waals surface area contributed by atoms with E-state index in [9.17, 15) is 4.79 Å². The predicted molar refractivity (Wildman–Crippen MR) is 99.0 cm³/mol. The Hall–Kier alpha value is -2.31. The van der Waals surface area contributed by atoms with Crippen LogP contribution in [0.1, 0.15) is 21.4 Å². The first-order valence-corrected chi connectivity index (χ1v) is 9.31. The SMILES string of the molecule is O=C(c1cnn(-c2ccccc2)n1)N1CCSC1c1ccc(Cl)cc1. The summed E-state index contributed by atoms with van der Waals surface area (Å²) < 4.78 is 0. The van der Waals surface area contributed by atoms with Crippen molar-refractivity contribution in [2.45, 2.75) is 5.37 Å². The van der Waals surface area contributed by atoms with Gasteiger partial charge in [-0.15, -0.1) is 16.9 Å². The summed E-state index contributed by atoms with van der Waals surface area (Å²) in [7, 11) is 0. The minimum absolute atomic E-state index is 0.0216. The van der Waals surface area contributed by atoms with Gasteiger partial charge in [0.05, 0.1) is 11.9 Å². The lowest BCUT2D eigenvalue weighted by Gasteiger charge is -2.23. The van der Waals surface area contributed by atoms with Crippen LogP contribution in [-0.2, 0) is 0 Å². The summed E-state index contributed by atoms with van der Waals surface area (Å²) in [4.78, 5) is 16.2. The molecule has 1 aromatic heterocycles. The van der Waals surface area contributed by atoms with Crippen LogP contribution in [0, 0.1) is 0 Å². The third kappa shape index (κ3) is 3.27. The van der Waals surface area contributed by atoms with E-state index >= 15 is 0 Å². The molecule has 0 saturated carbocycles. The van der Waals surface area contributed by atoms with Crippen LogP contribution in [0.3, 0.4) is 0 Å². The molecule has 5 nitrogen and oxygen atoms in total. The molecule has 7 heteroatoms. The fourth-order valence-electron chi connectivity index (χ4n) is 2.78. The zero-order chi connectivity index (χ0) is 17.2. The third-order valence-electron chi connectivity index (χ3n) is 4.01. The molecule has 0 bridgehead atoms. The molecule has 25 heavy (non-hydrogen) atoms. The maximum atomic E-state index is 12.9. The maximum Gasteiger partial charge on any atom is 0.277 e. The first-order chi connectivity index (χ1) is 12.2. The molecule has 1 aliphatic rings. The minimum Gasteiger partial charge on any atom is -0.320 e. The Labute approximate surface area is 154 Å². The summed E-state index contributed by atoms with van der Waals surface area (Å²) in [5, 5.41) is 9.24. The van der Waals surface area contributed by atoms with E-state index in [0.29, 0.717) is 17.3 Å². The van der Waals surface area contributed by atoms with E-state index in [0.717, 1.165) is 17.0 Å². The van der Waals surface area contributed by atoms with Gasteiger partial charge >= 0.3 is 0 Å². The summed E-state index contributed by atoms with van der Waals surface area (Å²) >= 11 is 7.71. The summed E-state index contributed by atoms with van der Waals surface area (Å²) in [6, 6.07) is 17.2. The second-order valence-electron chi connectivity index (χ2n) is 5.63. The molecule has 1 saturated heterocycles. The molecule has 1 amide bonds. The zero-order valence-electron chi connectivity index (χ0n) is 13.2. The topological polar surface area (TPSA) is 51.0 Å². The zero-order valence-corrected chi connectivity index (χ0v) is 14.8. The van der Waals surface area contributed by atoms with Gasteiger partial charge in [0.1, 0.15) is 5.37 Å². The van der Waals surface area contributed by atoms with Crippen LogP contribution in [0.15, 0.2) is 60.8 Å². The highest BCUT2D eigenvalue weighted by molar-refractivity contribution is 7.99. The Bertz CT molecular complexity index is 882. The number of carbonyl (C=O) groups is 1. The van der Waals surface area contributed by atoms with Crippen molar-refractivity contribution in [2.75, 3.05) is 12.3 Å². The Morgan fingerprint density at radius 2 is 1.88 bits per heavy atom. The highest BCUT2D eigenvalue weighted by atomic mass is 35.5.